The molecule has 0 amide bonds. The number of halogens is 3. The van der Waals surface area contributed by atoms with Gasteiger partial charge in [-0.3, -0.25) is 4.90 Å². The van der Waals surface area contributed by atoms with E-state index in [1.54, 1.807) is 0 Å². The zero-order chi connectivity index (χ0) is 13.9. The molecule has 1 aliphatic carbocycles. The minimum absolute atomic E-state index is 0.102. The Bertz CT molecular complexity index is 396. The molecule has 0 aromatic heterocycles. The van der Waals surface area contributed by atoms with E-state index < -0.39 is 12.7 Å². The van der Waals surface area contributed by atoms with Gasteiger partial charge >= 0.3 is 6.18 Å². The molecule has 1 fully saturated rings. The third kappa shape index (κ3) is 4.84. The van der Waals surface area contributed by atoms with Gasteiger partial charge in [-0.25, -0.2) is 0 Å². The van der Waals surface area contributed by atoms with Gasteiger partial charge in [-0.05, 0) is 36.9 Å². The number of alkyl halides is 3. The van der Waals surface area contributed by atoms with E-state index in [0.29, 0.717) is 13.1 Å². The monoisotopic (exact) mass is 272 g/mol. The summed E-state index contributed by atoms with van der Waals surface area (Å²) in [5.74, 6) is 0. The molecule has 2 N–H and O–H groups in total. The molecule has 1 aromatic carbocycles. The lowest BCUT2D eigenvalue weighted by molar-refractivity contribution is -0.148. The number of hydrogen-bond acceptors (Lipinski definition) is 2. The summed E-state index contributed by atoms with van der Waals surface area (Å²) in [6.07, 6.45) is -1.57. The minimum atomic E-state index is -4.12. The number of rotatable bonds is 6. The van der Waals surface area contributed by atoms with Gasteiger partial charge in [0.25, 0.3) is 0 Å². The first kappa shape index (κ1) is 14.3. The highest BCUT2D eigenvalue weighted by molar-refractivity contribution is 5.23. The average Bonchev–Trinajstić information content (AvgIpc) is 3.13. The van der Waals surface area contributed by atoms with Crippen LogP contribution >= 0.6 is 0 Å². The summed E-state index contributed by atoms with van der Waals surface area (Å²) in [5, 5.41) is 0. The van der Waals surface area contributed by atoms with E-state index in [1.807, 2.05) is 24.3 Å². The van der Waals surface area contributed by atoms with Crippen LogP contribution in [0.25, 0.3) is 0 Å². The van der Waals surface area contributed by atoms with E-state index in [4.69, 9.17) is 5.73 Å². The lowest BCUT2D eigenvalue weighted by Gasteiger charge is -2.23. The smallest absolute Gasteiger partial charge is 0.330 e. The van der Waals surface area contributed by atoms with Crippen molar-refractivity contribution in [3.8, 4) is 0 Å². The van der Waals surface area contributed by atoms with Crippen LogP contribution < -0.4 is 5.73 Å². The standard InChI is InChI=1S/C14H19F3N2/c15-14(16,17)10-19(13-5-6-13)9-12-3-1-11(2-4-12)7-8-18/h1-4,13H,5-10,18H2. The second-order valence-corrected chi connectivity index (χ2v) is 5.11. The van der Waals surface area contributed by atoms with Crippen molar-refractivity contribution in [1.29, 1.82) is 0 Å². The van der Waals surface area contributed by atoms with Gasteiger partial charge in [0.2, 0.25) is 0 Å². The van der Waals surface area contributed by atoms with Gasteiger partial charge in [-0.2, -0.15) is 13.2 Å². The molecular weight excluding hydrogens is 253 g/mol. The van der Waals surface area contributed by atoms with Crippen molar-refractivity contribution in [1.82, 2.24) is 4.90 Å². The van der Waals surface area contributed by atoms with Gasteiger partial charge in [0, 0.05) is 12.6 Å². The molecule has 0 spiro atoms. The third-order valence-electron chi connectivity index (χ3n) is 3.29. The quantitative estimate of drug-likeness (QED) is 0.862. The van der Waals surface area contributed by atoms with Crippen molar-refractivity contribution in [2.45, 2.75) is 38.0 Å². The van der Waals surface area contributed by atoms with Crippen LogP contribution in [0.15, 0.2) is 24.3 Å². The number of nitrogens with two attached hydrogens (primary N) is 1. The molecule has 5 heteroatoms. The fourth-order valence-corrected chi connectivity index (χ4v) is 2.20. The summed E-state index contributed by atoms with van der Waals surface area (Å²) < 4.78 is 37.5. The van der Waals surface area contributed by atoms with E-state index in [-0.39, 0.29) is 6.04 Å². The predicted molar refractivity (Wildman–Crippen MR) is 68.7 cm³/mol. The molecule has 1 aliphatic rings. The zero-order valence-corrected chi connectivity index (χ0v) is 10.8. The number of nitrogens with zero attached hydrogens (tertiary/aromatic N) is 1. The van der Waals surface area contributed by atoms with Crippen molar-refractivity contribution in [2.24, 2.45) is 5.73 Å². The van der Waals surface area contributed by atoms with E-state index in [1.165, 1.54) is 4.90 Å². The molecule has 2 rings (SSSR count). The topological polar surface area (TPSA) is 29.3 Å². The van der Waals surface area contributed by atoms with Crippen LogP contribution in [0.2, 0.25) is 0 Å². The molecule has 2 nitrogen and oxygen atoms in total. The van der Waals surface area contributed by atoms with Crippen LogP contribution in [-0.4, -0.2) is 30.2 Å². The van der Waals surface area contributed by atoms with Crippen LogP contribution in [0.4, 0.5) is 13.2 Å². The maximum Gasteiger partial charge on any atom is 0.401 e. The highest BCUT2D eigenvalue weighted by atomic mass is 19.4. The molecule has 0 aliphatic heterocycles. The summed E-state index contributed by atoms with van der Waals surface area (Å²) in [6.45, 7) is 0.136. The molecule has 106 valence electrons. The number of hydrogen-bond donors (Lipinski definition) is 1. The maximum atomic E-state index is 12.5. The maximum absolute atomic E-state index is 12.5. The SMILES string of the molecule is NCCc1ccc(CN(CC(F)(F)F)C2CC2)cc1. The molecule has 0 saturated heterocycles. The molecule has 0 atom stereocenters. The molecule has 19 heavy (non-hydrogen) atoms. The molecule has 0 bridgehead atoms. The largest absolute Gasteiger partial charge is 0.401 e. The zero-order valence-electron chi connectivity index (χ0n) is 10.8. The van der Waals surface area contributed by atoms with Crippen LogP contribution in [0.5, 0.6) is 0 Å². The first-order chi connectivity index (χ1) is 8.98. The van der Waals surface area contributed by atoms with Crippen LogP contribution in [0.3, 0.4) is 0 Å². The molecule has 1 saturated carbocycles. The lowest BCUT2D eigenvalue weighted by Crippen LogP contribution is -2.35. The van der Waals surface area contributed by atoms with Crippen LogP contribution in [0.1, 0.15) is 24.0 Å². The molecule has 0 radical (unpaired) electrons. The van der Waals surface area contributed by atoms with Gasteiger partial charge in [-0.1, -0.05) is 24.3 Å². The van der Waals surface area contributed by atoms with E-state index in [9.17, 15) is 13.2 Å². The van der Waals surface area contributed by atoms with Crippen molar-refractivity contribution < 1.29 is 13.2 Å². The Kier molecular flexibility index (Phi) is 4.47. The Morgan fingerprint density at radius 2 is 1.68 bits per heavy atom. The Morgan fingerprint density at radius 3 is 2.16 bits per heavy atom. The fraction of sp³-hybridized carbons (Fsp3) is 0.571. The van der Waals surface area contributed by atoms with Crippen molar-refractivity contribution in [3.05, 3.63) is 35.4 Å². The first-order valence-electron chi connectivity index (χ1n) is 6.56. The van der Waals surface area contributed by atoms with Gasteiger partial charge in [0.1, 0.15) is 0 Å². The Labute approximate surface area is 111 Å². The van der Waals surface area contributed by atoms with Crippen LogP contribution in [0, 0.1) is 0 Å². The highest BCUT2D eigenvalue weighted by Gasteiger charge is 2.37. The second-order valence-electron chi connectivity index (χ2n) is 5.11. The lowest BCUT2D eigenvalue weighted by atomic mass is 10.1. The van der Waals surface area contributed by atoms with E-state index in [2.05, 4.69) is 0 Å². The van der Waals surface area contributed by atoms with E-state index >= 15 is 0 Å². The average molecular weight is 272 g/mol. The highest BCUT2D eigenvalue weighted by Crippen LogP contribution is 2.31. The Hall–Kier alpha value is -1.07. The van der Waals surface area contributed by atoms with E-state index in [0.717, 1.165) is 30.4 Å². The summed E-state index contributed by atoms with van der Waals surface area (Å²) in [5.41, 5.74) is 7.52. The molecular formula is C14H19F3N2. The van der Waals surface area contributed by atoms with Crippen molar-refractivity contribution in [3.63, 3.8) is 0 Å². The third-order valence-corrected chi connectivity index (χ3v) is 3.29. The molecule has 1 aromatic rings. The predicted octanol–water partition coefficient (Wildman–Crippen LogP) is 2.71. The van der Waals surface area contributed by atoms with Gasteiger partial charge in [-0.15, -0.1) is 0 Å². The fourth-order valence-electron chi connectivity index (χ4n) is 2.20. The van der Waals surface area contributed by atoms with Gasteiger partial charge in [0.05, 0.1) is 6.54 Å². The Morgan fingerprint density at radius 1 is 1.11 bits per heavy atom. The molecule has 0 unspecified atom stereocenters. The van der Waals surface area contributed by atoms with Crippen molar-refractivity contribution in [2.75, 3.05) is 13.1 Å². The summed E-state index contributed by atoms with van der Waals surface area (Å²) >= 11 is 0. The van der Waals surface area contributed by atoms with Crippen molar-refractivity contribution >= 4 is 0 Å². The summed E-state index contributed by atoms with van der Waals surface area (Å²) in [4.78, 5) is 1.53. The summed E-state index contributed by atoms with van der Waals surface area (Å²) in [7, 11) is 0. The molecule has 0 heterocycles. The second kappa shape index (κ2) is 5.92. The minimum Gasteiger partial charge on any atom is -0.330 e. The number of benzene rings is 1. The first-order valence-corrected chi connectivity index (χ1v) is 6.56. The summed E-state index contributed by atoms with van der Waals surface area (Å²) in [6, 6.07) is 7.79. The van der Waals surface area contributed by atoms with Gasteiger partial charge < -0.3 is 5.73 Å². The Balaban J connectivity index is 1.96. The van der Waals surface area contributed by atoms with Crippen LogP contribution in [-0.2, 0) is 13.0 Å². The normalized spacial score (nSPS) is 16.1. The van der Waals surface area contributed by atoms with Gasteiger partial charge in [0.15, 0.2) is 0 Å².